The van der Waals surface area contributed by atoms with Crippen LogP contribution in [0.2, 0.25) is 0 Å². The molecule has 0 saturated carbocycles. The van der Waals surface area contributed by atoms with E-state index in [2.05, 4.69) is 6.58 Å². The number of aliphatic hydroxyl groups is 5. The van der Waals surface area contributed by atoms with E-state index >= 15 is 0 Å². The third kappa shape index (κ3) is 6.55. The molecule has 1 aromatic carbocycles. The Kier molecular flexibility index (Phi) is 9.33. The van der Waals surface area contributed by atoms with Gasteiger partial charge >= 0.3 is 11.9 Å². The van der Waals surface area contributed by atoms with Crippen molar-refractivity contribution in [1.82, 2.24) is 0 Å². The highest BCUT2D eigenvalue weighted by molar-refractivity contribution is 5.97. The van der Waals surface area contributed by atoms with Crippen molar-refractivity contribution in [2.75, 3.05) is 13.2 Å². The second-order valence-electron chi connectivity index (χ2n) is 9.75. The zero-order chi connectivity index (χ0) is 29.2. The molecule has 0 aromatic heterocycles. The van der Waals surface area contributed by atoms with Crippen LogP contribution in [0.25, 0.3) is 0 Å². The van der Waals surface area contributed by atoms with E-state index in [1.54, 1.807) is 0 Å². The molecule has 8 unspecified atom stereocenters. The van der Waals surface area contributed by atoms with Crippen LogP contribution in [0.3, 0.4) is 0 Å². The number of carboxylic acids is 1. The molecule has 14 heteroatoms. The smallest absolute Gasteiger partial charge is 0.309 e. The van der Waals surface area contributed by atoms with Crippen LogP contribution < -0.4 is 4.74 Å². The highest BCUT2D eigenvalue weighted by atomic mass is 16.7. The number of aliphatic carboxylic acids is 1. The Morgan fingerprint density at radius 1 is 1.13 bits per heavy atom. The average molecular weight is 557 g/mol. The lowest BCUT2D eigenvalue weighted by Gasteiger charge is -2.42. The maximum Gasteiger partial charge on any atom is 0.309 e. The van der Waals surface area contributed by atoms with Crippen LogP contribution in [0.15, 0.2) is 24.3 Å². The average Bonchev–Trinajstić information content (AvgIpc) is 3.20. The number of ketones is 1. The summed E-state index contributed by atoms with van der Waals surface area (Å²) in [6.07, 6.45) is -12.6. The molecule has 0 amide bonds. The Labute approximate surface area is 222 Å². The van der Waals surface area contributed by atoms with E-state index in [0.717, 1.165) is 6.92 Å². The van der Waals surface area contributed by atoms with Gasteiger partial charge < -0.3 is 54.7 Å². The van der Waals surface area contributed by atoms with Crippen molar-refractivity contribution in [3.8, 4) is 11.5 Å². The highest BCUT2D eigenvalue weighted by Gasteiger charge is 2.51. The SMILES string of the molecule is C=C(CO)C1Oc2ccc(C(C)=O)c(O)c2C1OC1OC(CO)C(O)C(OC(=O)CC(C)(O)CC(=O)O)C1O. The van der Waals surface area contributed by atoms with Gasteiger partial charge in [-0.25, -0.2) is 0 Å². The van der Waals surface area contributed by atoms with Crippen LogP contribution in [0, 0.1) is 0 Å². The maximum atomic E-state index is 12.5. The van der Waals surface area contributed by atoms with Gasteiger partial charge in [0.05, 0.1) is 42.8 Å². The van der Waals surface area contributed by atoms with Crippen LogP contribution in [0.1, 0.15) is 48.7 Å². The molecule has 1 aromatic rings. The van der Waals surface area contributed by atoms with Crippen LogP contribution in [0.4, 0.5) is 0 Å². The highest BCUT2D eigenvalue weighted by Crippen LogP contribution is 2.48. The van der Waals surface area contributed by atoms with E-state index in [9.17, 15) is 45.0 Å². The second-order valence-corrected chi connectivity index (χ2v) is 9.75. The summed E-state index contributed by atoms with van der Waals surface area (Å²) in [6, 6.07) is 2.73. The van der Waals surface area contributed by atoms with E-state index in [4.69, 9.17) is 24.1 Å². The number of Topliss-reactive ketones (excluding diaryl/α,β-unsaturated/α-hetero) is 1. The van der Waals surface area contributed by atoms with Gasteiger partial charge in [-0.1, -0.05) is 6.58 Å². The van der Waals surface area contributed by atoms with Crippen LogP contribution in [-0.2, 0) is 23.8 Å². The molecule has 14 nitrogen and oxygen atoms in total. The first-order valence-electron chi connectivity index (χ1n) is 11.9. The monoisotopic (exact) mass is 556 g/mol. The number of rotatable bonds is 11. The molecular formula is C25H32O14. The number of esters is 1. The topological polar surface area (TPSA) is 230 Å². The van der Waals surface area contributed by atoms with Crippen molar-refractivity contribution in [3.63, 3.8) is 0 Å². The molecule has 8 atom stereocenters. The Bertz CT molecular complexity index is 1110. The van der Waals surface area contributed by atoms with E-state index < -0.39 is 98.0 Å². The van der Waals surface area contributed by atoms with Crippen molar-refractivity contribution in [2.45, 2.75) is 75.2 Å². The summed E-state index contributed by atoms with van der Waals surface area (Å²) in [4.78, 5) is 35.4. The number of aromatic hydroxyl groups is 1. The van der Waals surface area contributed by atoms with Crippen LogP contribution in [0.5, 0.6) is 11.5 Å². The molecule has 2 aliphatic heterocycles. The third-order valence-electron chi connectivity index (χ3n) is 6.40. The van der Waals surface area contributed by atoms with Crippen molar-refractivity contribution < 1.29 is 69.1 Å². The first-order chi connectivity index (χ1) is 18.2. The number of phenolic OH excluding ortho intramolecular Hbond substituents is 1. The Hall–Kier alpha value is -3.11. The molecule has 0 radical (unpaired) electrons. The summed E-state index contributed by atoms with van der Waals surface area (Å²) < 4.78 is 22.3. The van der Waals surface area contributed by atoms with Crippen LogP contribution >= 0.6 is 0 Å². The number of aliphatic hydroxyl groups excluding tert-OH is 4. The summed E-state index contributed by atoms with van der Waals surface area (Å²) >= 11 is 0. The summed E-state index contributed by atoms with van der Waals surface area (Å²) in [5.41, 5.74) is -1.96. The van der Waals surface area contributed by atoms with Gasteiger partial charge in [-0.15, -0.1) is 0 Å². The van der Waals surface area contributed by atoms with Crippen LogP contribution in [-0.4, -0.2) is 109 Å². The summed E-state index contributed by atoms with van der Waals surface area (Å²) in [7, 11) is 0. The molecule has 1 fully saturated rings. The van der Waals surface area contributed by atoms with Gasteiger partial charge in [-0.3, -0.25) is 14.4 Å². The van der Waals surface area contributed by atoms with Crippen molar-refractivity contribution in [3.05, 3.63) is 35.4 Å². The van der Waals surface area contributed by atoms with Gasteiger partial charge in [0.1, 0.15) is 35.9 Å². The zero-order valence-electron chi connectivity index (χ0n) is 21.2. The first kappa shape index (κ1) is 30.4. The number of hydrogen-bond donors (Lipinski definition) is 7. The fraction of sp³-hybridized carbons (Fsp3) is 0.560. The molecule has 0 spiro atoms. The first-order valence-corrected chi connectivity index (χ1v) is 11.9. The Morgan fingerprint density at radius 3 is 2.36 bits per heavy atom. The standard InChI is InChI=1S/C25H32O14/c1-10(8-26)21-22(17-13(36-21)5-4-12(11(2)28)18(17)32)39-24-20(34)23(19(33)14(9-27)37-24)38-16(31)7-25(3,35)6-15(29)30/h4-5,14,19-24,26-27,32-35H,1,6-9H2,2-3H3,(H,29,30). The van der Waals surface area contributed by atoms with E-state index in [-0.39, 0.29) is 22.4 Å². The second kappa shape index (κ2) is 12.0. The number of carbonyl (C=O) groups is 3. The third-order valence-corrected chi connectivity index (χ3v) is 6.40. The predicted molar refractivity (Wildman–Crippen MR) is 128 cm³/mol. The molecule has 2 aliphatic rings. The number of fused-ring (bicyclic) bond motifs is 1. The van der Waals surface area contributed by atoms with Gasteiger partial charge in [0.25, 0.3) is 0 Å². The largest absolute Gasteiger partial charge is 0.507 e. The molecule has 0 bridgehead atoms. The van der Waals surface area contributed by atoms with Gasteiger partial charge in [0.2, 0.25) is 0 Å². The molecule has 3 rings (SSSR count). The van der Waals surface area contributed by atoms with Crippen molar-refractivity contribution in [1.29, 1.82) is 0 Å². The number of carbonyl (C=O) groups excluding carboxylic acids is 2. The lowest BCUT2D eigenvalue weighted by molar-refractivity contribution is -0.316. The quantitative estimate of drug-likeness (QED) is 0.0978. The lowest BCUT2D eigenvalue weighted by Crippen LogP contribution is -2.61. The van der Waals surface area contributed by atoms with E-state index in [0.29, 0.717) is 0 Å². The molecule has 0 aliphatic carbocycles. The molecular weight excluding hydrogens is 524 g/mol. The Morgan fingerprint density at radius 2 is 1.79 bits per heavy atom. The van der Waals surface area contributed by atoms with Gasteiger partial charge in [0.15, 0.2) is 24.3 Å². The lowest BCUT2D eigenvalue weighted by atomic mass is 9.95. The van der Waals surface area contributed by atoms with Gasteiger partial charge in [-0.05, 0) is 31.6 Å². The van der Waals surface area contributed by atoms with Crippen molar-refractivity contribution >= 4 is 17.7 Å². The maximum absolute atomic E-state index is 12.5. The fourth-order valence-electron chi connectivity index (χ4n) is 4.47. The zero-order valence-corrected chi connectivity index (χ0v) is 21.2. The Balaban J connectivity index is 1.90. The predicted octanol–water partition coefficient (Wildman–Crippen LogP) is -1.07. The summed E-state index contributed by atoms with van der Waals surface area (Å²) in [6.45, 7) is 4.68. The van der Waals surface area contributed by atoms with Gasteiger partial charge in [0, 0.05) is 0 Å². The number of carboxylic acid groups (broad SMARTS) is 1. The minimum atomic E-state index is -2.00. The normalized spacial score (nSPS) is 29.6. The number of hydrogen-bond acceptors (Lipinski definition) is 13. The molecule has 216 valence electrons. The van der Waals surface area contributed by atoms with E-state index in [1.165, 1.54) is 19.1 Å². The number of phenols is 1. The molecule has 2 heterocycles. The minimum Gasteiger partial charge on any atom is -0.507 e. The summed E-state index contributed by atoms with van der Waals surface area (Å²) in [5.74, 6) is -3.39. The summed E-state index contributed by atoms with van der Waals surface area (Å²) in [5, 5.41) is 70.8. The fourth-order valence-corrected chi connectivity index (χ4v) is 4.47. The molecule has 1 saturated heterocycles. The molecule has 39 heavy (non-hydrogen) atoms. The number of benzene rings is 1. The number of ether oxygens (including phenoxy) is 4. The van der Waals surface area contributed by atoms with Gasteiger partial charge in [-0.2, -0.15) is 0 Å². The van der Waals surface area contributed by atoms with Crippen molar-refractivity contribution in [2.24, 2.45) is 0 Å². The van der Waals surface area contributed by atoms with E-state index in [1.807, 2.05) is 0 Å². The molecule has 7 N–H and O–H groups in total. The minimum absolute atomic E-state index is 0.0111.